The molecule has 1 aromatic heterocycles. The number of aromatic amines is 1. The Morgan fingerprint density at radius 2 is 2.00 bits per heavy atom. The Bertz CT molecular complexity index is 1070. The smallest absolute Gasteiger partial charge is 0.269 e. The van der Waals surface area contributed by atoms with E-state index in [1.54, 1.807) is 0 Å². The first-order chi connectivity index (χ1) is 15.5. The normalized spacial score (nSPS) is 12.2. The fourth-order valence-electron chi connectivity index (χ4n) is 3.27. The number of non-ortho nitro benzene ring substituents is 1. The molecule has 0 saturated carbocycles. The highest BCUT2D eigenvalue weighted by Crippen LogP contribution is 2.20. The van der Waals surface area contributed by atoms with Crippen molar-refractivity contribution in [1.29, 1.82) is 0 Å². The van der Waals surface area contributed by atoms with E-state index in [0.29, 0.717) is 24.8 Å². The average molecular weight is 567 g/mol. The first-order valence-electron chi connectivity index (χ1n) is 10.6. The molecule has 0 aliphatic carbocycles. The summed E-state index contributed by atoms with van der Waals surface area (Å²) in [5.41, 5.74) is 3.59. The number of aliphatic hydroxyl groups excluding tert-OH is 1. The molecule has 1 heterocycles. The minimum Gasteiger partial charge on any atom is -0.491 e. The number of ether oxygens (including phenoxy) is 1. The number of guanidine groups is 1. The number of aliphatic hydroxyl groups is 1. The molecule has 0 fully saturated rings. The van der Waals surface area contributed by atoms with Crippen molar-refractivity contribution in [3.8, 4) is 5.75 Å². The fraction of sp³-hybridized carbons (Fsp3) is 0.348. The van der Waals surface area contributed by atoms with E-state index in [2.05, 4.69) is 45.7 Å². The third-order valence-electron chi connectivity index (χ3n) is 4.90. The van der Waals surface area contributed by atoms with E-state index in [0.717, 1.165) is 11.9 Å². The summed E-state index contributed by atoms with van der Waals surface area (Å²) in [7, 11) is 0. The molecule has 0 saturated heterocycles. The Morgan fingerprint density at radius 1 is 1.24 bits per heavy atom. The number of halogens is 1. The van der Waals surface area contributed by atoms with Crippen molar-refractivity contribution in [3.05, 3.63) is 69.9 Å². The summed E-state index contributed by atoms with van der Waals surface area (Å²) in [5, 5.41) is 28.6. The van der Waals surface area contributed by atoms with Crippen molar-refractivity contribution in [3.63, 3.8) is 0 Å². The lowest BCUT2D eigenvalue weighted by Crippen LogP contribution is -2.39. The number of rotatable bonds is 10. The number of nitrogens with one attached hydrogen (secondary N) is 3. The van der Waals surface area contributed by atoms with Gasteiger partial charge in [0.15, 0.2) is 5.96 Å². The van der Waals surface area contributed by atoms with Gasteiger partial charge in [0.1, 0.15) is 18.5 Å². The topological polar surface area (TPSA) is 125 Å². The zero-order valence-corrected chi connectivity index (χ0v) is 21.0. The lowest BCUT2D eigenvalue weighted by Gasteiger charge is -2.14. The minimum absolute atomic E-state index is 0. The van der Waals surface area contributed by atoms with Crippen LogP contribution in [-0.2, 0) is 6.42 Å². The first kappa shape index (κ1) is 26.4. The van der Waals surface area contributed by atoms with Crippen LogP contribution in [0.4, 0.5) is 5.69 Å². The summed E-state index contributed by atoms with van der Waals surface area (Å²) in [6, 6.07) is 12.1. The molecular weight excluding hydrogens is 537 g/mol. The standard InChI is InChI=1S/C23H29N5O4.HI/c1-3-24-23(25-11-10-17-13-26-22-12-16(2)4-9-21(17)22)27-14-19(29)15-32-20-7-5-18(6-8-20)28(30)31;/h4-9,12-13,19,26,29H,3,10-11,14-15H2,1-2H3,(H2,24,25,27);1H. The number of aromatic nitrogens is 1. The van der Waals surface area contributed by atoms with Crippen molar-refractivity contribution in [2.45, 2.75) is 26.4 Å². The highest BCUT2D eigenvalue weighted by atomic mass is 127. The molecule has 178 valence electrons. The summed E-state index contributed by atoms with van der Waals surface area (Å²) in [5.74, 6) is 1.08. The van der Waals surface area contributed by atoms with E-state index in [1.165, 1.54) is 40.8 Å². The number of fused-ring (bicyclic) bond motifs is 1. The van der Waals surface area contributed by atoms with Gasteiger partial charge in [-0.3, -0.25) is 15.1 Å². The molecule has 0 bridgehead atoms. The average Bonchev–Trinajstić information content (AvgIpc) is 3.18. The summed E-state index contributed by atoms with van der Waals surface area (Å²) in [6.07, 6.45) is 2.06. The number of benzene rings is 2. The molecule has 1 unspecified atom stereocenters. The molecule has 0 spiro atoms. The van der Waals surface area contributed by atoms with E-state index in [-0.39, 0.29) is 42.8 Å². The first-order valence-corrected chi connectivity index (χ1v) is 10.6. The second kappa shape index (κ2) is 13.0. The van der Waals surface area contributed by atoms with Gasteiger partial charge >= 0.3 is 0 Å². The third-order valence-corrected chi connectivity index (χ3v) is 4.90. The van der Waals surface area contributed by atoms with E-state index in [4.69, 9.17) is 4.74 Å². The quantitative estimate of drug-likeness (QED) is 0.0977. The van der Waals surface area contributed by atoms with Crippen LogP contribution in [0, 0.1) is 17.0 Å². The van der Waals surface area contributed by atoms with Gasteiger partial charge in [0.2, 0.25) is 0 Å². The molecule has 0 radical (unpaired) electrons. The zero-order chi connectivity index (χ0) is 22.9. The predicted molar refractivity (Wildman–Crippen MR) is 141 cm³/mol. The third kappa shape index (κ3) is 7.90. The summed E-state index contributed by atoms with van der Waals surface area (Å²) < 4.78 is 5.49. The maximum absolute atomic E-state index is 10.7. The number of nitro groups is 1. The molecule has 3 aromatic rings. The molecule has 0 amide bonds. The van der Waals surface area contributed by atoms with Gasteiger partial charge in [0.05, 0.1) is 11.5 Å². The van der Waals surface area contributed by atoms with Gasteiger partial charge in [-0.25, -0.2) is 0 Å². The van der Waals surface area contributed by atoms with E-state index >= 15 is 0 Å². The van der Waals surface area contributed by atoms with Gasteiger partial charge < -0.3 is 25.5 Å². The van der Waals surface area contributed by atoms with Crippen LogP contribution >= 0.6 is 24.0 Å². The van der Waals surface area contributed by atoms with Crippen LogP contribution in [0.25, 0.3) is 10.9 Å². The molecule has 3 rings (SSSR count). The van der Waals surface area contributed by atoms with Crippen molar-refractivity contribution in [2.24, 2.45) is 4.99 Å². The minimum atomic E-state index is -0.808. The Kier molecular flexibility index (Phi) is 10.4. The number of aliphatic imine (C=N–C) groups is 1. The van der Waals surface area contributed by atoms with Crippen LogP contribution < -0.4 is 15.4 Å². The van der Waals surface area contributed by atoms with Gasteiger partial charge in [0, 0.05) is 42.3 Å². The maximum atomic E-state index is 10.7. The van der Waals surface area contributed by atoms with Crippen molar-refractivity contribution >= 4 is 46.5 Å². The van der Waals surface area contributed by atoms with Gasteiger partial charge in [-0.2, -0.15) is 0 Å². The van der Waals surface area contributed by atoms with E-state index in [1.807, 2.05) is 13.1 Å². The number of aryl methyl sites for hydroxylation is 1. The zero-order valence-electron chi connectivity index (χ0n) is 18.7. The number of nitro benzene ring substituents is 1. The Hall–Kier alpha value is -2.86. The molecule has 33 heavy (non-hydrogen) atoms. The number of H-pyrrole nitrogens is 1. The maximum Gasteiger partial charge on any atom is 0.269 e. The number of hydrogen-bond acceptors (Lipinski definition) is 5. The highest BCUT2D eigenvalue weighted by Gasteiger charge is 2.09. The Balaban J connectivity index is 0.00000385. The second-order valence-corrected chi connectivity index (χ2v) is 7.48. The van der Waals surface area contributed by atoms with Crippen molar-refractivity contribution in [1.82, 2.24) is 15.6 Å². The number of hydrogen-bond donors (Lipinski definition) is 4. The summed E-state index contributed by atoms with van der Waals surface area (Å²) in [6.45, 7) is 5.65. The van der Waals surface area contributed by atoms with Gasteiger partial charge in [-0.05, 0) is 49.6 Å². The van der Waals surface area contributed by atoms with Crippen molar-refractivity contribution in [2.75, 3.05) is 26.2 Å². The molecule has 9 nitrogen and oxygen atoms in total. The van der Waals surface area contributed by atoms with Crippen LogP contribution in [0.5, 0.6) is 5.75 Å². The van der Waals surface area contributed by atoms with Crippen LogP contribution in [0.2, 0.25) is 0 Å². The summed E-state index contributed by atoms with van der Waals surface area (Å²) in [4.78, 5) is 18.0. The summed E-state index contributed by atoms with van der Waals surface area (Å²) >= 11 is 0. The highest BCUT2D eigenvalue weighted by molar-refractivity contribution is 14.0. The van der Waals surface area contributed by atoms with Gasteiger partial charge in [-0.15, -0.1) is 24.0 Å². The lowest BCUT2D eigenvalue weighted by atomic mass is 10.1. The van der Waals surface area contributed by atoms with Crippen molar-refractivity contribution < 1.29 is 14.8 Å². The second-order valence-electron chi connectivity index (χ2n) is 7.48. The SMILES string of the molecule is CCNC(=NCC(O)COc1ccc([N+](=O)[O-])cc1)NCCc1c[nH]c2cc(C)ccc12.I. The molecule has 4 N–H and O–H groups in total. The monoisotopic (exact) mass is 567 g/mol. The fourth-order valence-corrected chi connectivity index (χ4v) is 3.27. The van der Waals surface area contributed by atoms with Gasteiger partial charge in [0.25, 0.3) is 5.69 Å². The molecular formula is C23H30IN5O4. The van der Waals surface area contributed by atoms with Crippen LogP contribution in [0.3, 0.4) is 0 Å². The van der Waals surface area contributed by atoms with Gasteiger partial charge in [-0.1, -0.05) is 12.1 Å². The molecule has 0 aliphatic heterocycles. The predicted octanol–water partition coefficient (Wildman–Crippen LogP) is 3.54. The molecule has 0 aliphatic rings. The Labute approximate surface area is 209 Å². The number of nitrogens with zero attached hydrogens (tertiary/aromatic N) is 2. The molecule has 10 heteroatoms. The van der Waals surface area contributed by atoms with Crippen LogP contribution in [-0.4, -0.2) is 53.3 Å². The van der Waals surface area contributed by atoms with Crippen LogP contribution in [0.15, 0.2) is 53.7 Å². The lowest BCUT2D eigenvalue weighted by molar-refractivity contribution is -0.384. The largest absolute Gasteiger partial charge is 0.491 e. The molecule has 1 atom stereocenters. The van der Waals surface area contributed by atoms with E-state index in [9.17, 15) is 15.2 Å². The molecule has 2 aromatic carbocycles. The van der Waals surface area contributed by atoms with Crippen LogP contribution in [0.1, 0.15) is 18.1 Å². The van der Waals surface area contributed by atoms with E-state index < -0.39 is 11.0 Å². The Morgan fingerprint density at radius 3 is 2.70 bits per heavy atom.